The van der Waals surface area contributed by atoms with Gasteiger partial charge in [-0.15, -0.1) is 0 Å². The fraction of sp³-hybridized carbons (Fsp3) is 0.952. The van der Waals surface area contributed by atoms with Crippen LogP contribution in [0.15, 0.2) is 0 Å². The van der Waals surface area contributed by atoms with Crippen molar-refractivity contribution in [2.45, 2.75) is 111 Å². The molecule has 0 saturated heterocycles. The number of ether oxygens (including phenoxy) is 1. The Morgan fingerprint density at radius 2 is 1.09 bits per heavy atom. The molecule has 0 aromatic carbocycles. The van der Waals surface area contributed by atoms with E-state index in [-0.39, 0.29) is 5.97 Å². The zero-order chi connectivity index (χ0) is 17.3. The van der Waals surface area contributed by atoms with E-state index in [1.165, 1.54) is 57.8 Å². The zero-order valence-corrected chi connectivity index (χ0v) is 16.4. The molecule has 0 aliphatic heterocycles. The van der Waals surface area contributed by atoms with Gasteiger partial charge in [-0.1, -0.05) is 85.5 Å². The molecular weight excluding hydrogens is 284 g/mol. The van der Waals surface area contributed by atoms with Gasteiger partial charge in [-0.25, -0.2) is 0 Å². The van der Waals surface area contributed by atoms with Gasteiger partial charge in [0.1, 0.15) is 0 Å². The van der Waals surface area contributed by atoms with Crippen molar-refractivity contribution in [1.29, 1.82) is 0 Å². The molecule has 0 aromatic rings. The van der Waals surface area contributed by atoms with E-state index in [4.69, 9.17) is 4.74 Å². The number of unbranched alkanes of at least 4 members (excludes halogenated alkanes) is 8. The lowest BCUT2D eigenvalue weighted by atomic mass is 10.0. The van der Waals surface area contributed by atoms with E-state index in [9.17, 15) is 4.79 Å². The summed E-state index contributed by atoms with van der Waals surface area (Å²) in [5.74, 6) is 1.56. The fourth-order valence-electron chi connectivity index (χ4n) is 2.81. The second kappa shape index (κ2) is 16.3. The molecule has 0 N–H and O–H groups in total. The maximum absolute atomic E-state index is 11.5. The van der Waals surface area contributed by atoms with Crippen LogP contribution in [0.3, 0.4) is 0 Å². The van der Waals surface area contributed by atoms with Gasteiger partial charge in [-0.05, 0) is 31.1 Å². The lowest BCUT2D eigenvalue weighted by molar-refractivity contribution is -0.143. The van der Waals surface area contributed by atoms with Crippen molar-refractivity contribution < 1.29 is 9.53 Å². The molecule has 0 radical (unpaired) electrons. The molecule has 0 heterocycles. The van der Waals surface area contributed by atoms with Crippen molar-refractivity contribution in [3.05, 3.63) is 0 Å². The van der Waals surface area contributed by atoms with Gasteiger partial charge in [-0.2, -0.15) is 0 Å². The Bertz CT molecular complexity index is 259. The number of hydrogen-bond acceptors (Lipinski definition) is 2. The van der Waals surface area contributed by atoms with Gasteiger partial charge < -0.3 is 4.74 Å². The molecule has 0 amide bonds. The smallest absolute Gasteiger partial charge is 0.305 e. The summed E-state index contributed by atoms with van der Waals surface area (Å²) in [6.07, 6.45) is 15.9. The Morgan fingerprint density at radius 3 is 1.61 bits per heavy atom. The van der Waals surface area contributed by atoms with E-state index in [1.807, 2.05) is 0 Å². The molecular formula is C21H42O2. The molecule has 23 heavy (non-hydrogen) atoms. The normalized spacial score (nSPS) is 11.4. The molecule has 2 heteroatoms. The highest BCUT2D eigenvalue weighted by atomic mass is 16.5. The minimum atomic E-state index is -0.00101. The fourth-order valence-corrected chi connectivity index (χ4v) is 2.81. The van der Waals surface area contributed by atoms with E-state index in [1.54, 1.807) is 0 Å². The van der Waals surface area contributed by atoms with Crippen molar-refractivity contribution >= 4 is 5.97 Å². The topological polar surface area (TPSA) is 26.3 Å². The second-order valence-electron chi connectivity index (χ2n) is 7.87. The summed E-state index contributed by atoms with van der Waals surface area (Å²) in [5, 5.41) is 0. The molecule has 0 bridgehead atoms. The standard InChI is InChI=1S/C21H42O2/c1-19(2)15-12-10-8-6-5-7-9-11-13-17-21(22)23-18-14-16-20(3)4/h19-20H,5-18H2,1-4H3. The molecule has 0 aliphatic carbocycles. The maximum Gasteiger partial charge on any atom is 0.305 e. The number of carbonyl (C=O) groups excluding carboxylic acids is 1. The van der Waals surface area contributed by atoms with Crippen LogP contribution in [-0.2, 0) is 9.53 Å². The molecule has 2 nitrogen and oxygen atoms in total. The average molecular weight is 327 g/mol. The van der Waals surface area contributed by atoms with Gasteiger partial charge in [-0.3, -0.25) is 4.79 Å². The minimum Gasteiger partial charge on any atom is -0.466 e. The molecule has 138 valence electrons. The predicted molar refractivity (Wildman–Crippen MR) is 101 cm³/mol. The molecule has 0 aromatic heterocycles. The highest BCUT2D eigenvalue weighted by Gasteiger charge is 2.03. The summed E-state index contributed by atoms with van der Waals surface area (Å²) in [6, 6.07) is 0. The van der Waals surface area contributed by atoms with Crippen molar-refractivity contribution in [1.82, 2.24) is 0 Å². The van der Waals surface area contributed by atoms with Gasteiger partial charge in [0.2, 0.25) is 0 Å². The van der Waals surface area contributed by atoms with Crippen LogP contribution < -0.4 is 0 Å². The SMILES string of the molecule is CC(C)CCCCCCCCCCCC(=O)OCCCC(C)C. The van der Waals surface area contributed by atoms with Crippen LogP contribution in [0, 0.1) is 11.8 Å². The van der Waals surface area contributed by atoms with Crippen molar-refractivity contribution in [2.75, 3.05) is 6.61 Å². The maximum atomic E-state index is 11.5. The lowest BCUT2D eigenvalue weighted by Gasteiger charge is -2.06. The van der Waals surface area contributed by atoms with Crippen molar-refractivity contribution in [2.24, 2.45) is 11.8 Å². The van der Waals surface area contributed by atoms with E-state index >= 15 is 0 Å². The summed E-state index contributed by atoms with van der Waals surface area (Å²) in [7, 11) is 0. The Labute approximate surface area is 145 Å². The number of esters is 1. The van der Waals surface area contributed by atoms with Crippen LogP contribution in [0.2, 0.25) is 0 Å². The van der Waals surface area contributed by atoms with Crippen LogP contribution in [0.25, 0.3) is 0 Å². The largest absolute Gasteiger partial charge is 0.466 e. The lowest BCUT2D eigenvalue weighted by Crippen LogP contribution is -2.06. The monoisotopic (exact) mass is 326 g/mol. The molecule has 0 rings (SSSR count). The Morgan fingerprint density at radius 1 is 0.652 bits per heavy atom. The second-order valence-corrected chi connectivity index (χ2v) is 7.87. The zero-order valence-electron chi connectivity index (χ0n) is 16.4. The Kier molecular flexibility index (Phi) is 16.0. The first kappa shape index (κ1) is 22.5. The molecule has 0 unspecified atom stereocenters. The number of hydrogen-bond donors (Lipinski definition) is 0. The third kappa shape index (κ3) is 19.4. The summed E-state index contributed by atoms with van der Waals surface area (Å²) in [4.78, 5) is 11.5. The van der Waals surface area contributed by atoms with Crippen LogP contribution >= 0.6 is 0 Å². The van der Waals surface area contributed by atoms with Crippen molar-refractivity contribution in [3.63, 3.8) is 0 Å². The van der Waals surface area contributed by atoms with Crippen molar-refractivity contribution in [3.8, 4) is 0 Å². The third-order valence-corrected chi connectivity index (χ3v) is 4.35. The van der Waals surface area contributed by atoms with Gasteiger partial charge in [0.15, 0.2) is 0 Å². The van der Waals surface area contributed by atoms with Gasteiger partial charge >= 0.3 is 5.97 Å². The summed E-state index contributed by atoms with van der Waals surface area (Å²) < 4.78 is 5.25. The molecule has 0 spiro atoms. The van der Waals surface area contributed by atoms with E-state index in [0.717, 1.165) is 25.2 Å². The van der Waals surface area contributed by atoms with Crippen LogP contribution in [-0.4, -0.2) is 12.6 Å². The van der Waals surface area contributed by atoms with Crippen LogP contribution in [0.5, 0.6) is 0 Å². The third-order valence-electron chi connectivity index (χ3n) is 4.35. The summed E-state index contributed by atoms with van der Waals surface area (Å²) in [5.41, 5.74) is 0. The molecule has 0 atom stereocenters. The Hall–Kier alpha value is -0.530. The first-order chi connectivity index (χ1) is 11.0. The highest BCUT2D eigenvalue weighted by molar-refractivity contribution is 5.69. The Balaban J connectivity index is 3.16. The van der Waals surface area contributed by atoms with Gasteiger partial charge in [0.05, 0.1) is 6.61 Å². The molecule has 0 fully saturated rings. The minimum absolute atomic E-state index is 0.00101. The van der Waals surface area contributed by atoms with Gasteiger partial charge in [0, 0.05) is 6.42 Å². The van der Waals surface area contributed by atoms with Crippen LogP contribution in [0.1, 0.15) is 111 Å². The summed E-state index contributed by atoms with van der Waals surface area (Å²) in [6.45, 7) is 9.62. The average Bonchev–Trinajstić information content (AvgIpc) is 2.48. The molecule has 0 saturated carbocycles. The highest BCUT2D eigenvalue weighted by Crippen LogP contribution is 2.13. The first-order valence-corrected chi connectivity index (χ1v) is 10.2. The van der Waals surface area contributed by atoms with E-state index < -0.39 is 0 Å². The number of rotatable bonds is 16. The predicted octanol–water partition coefficient (Wildman–Crippen LogP) is 6.91. The first-order valence-electron chi connectivity index (χ1n) is 10.2. The summed E-state index contributed by atoms with van der Waals surface area (Å²) >= 11 is 0. The quantitative estimate of drug-likeness (QED) is 0.227. The molecule has 0 aliphatic rings. The van der Waals surface area contributed by atoms with E-state index in [2.05, 4.69) is 27.7 Å². The van der Waals surface area contributed by atoms with Gasteiger partial charge in [0.25, 0.3) is 0 Å². The number of carbonyl (C=O) groups is 1. The van der Waals surface area contributed by atoms with Crippen LogP contribution in [0.4, 0.5) is 0 Å². The van der Waals surface area contributed by atoms with E-state index in [0.29, 0.717) is 18.9 Å².